The summed E-state index contributed by atoms with van der Waals surface area (Å²) in [6.45, 7) is 1.31. The molecule has 2 atom stereocenters. The highest BCUT2D eigenvalue weighted by Gasteiger charge is 2.39. The summed E-state index contributed by atoms with van der Waals surface area (Å²) in [6, 6.07) is 21.2. The predicted molar refractivity (Wildman–Crippen MR) is 104 cm³/mol. The number of cyclic esters (lactones) is 1. The molecule has 1 amide bonds. The first kappa shape index (κ1) is 16.8. The monoisotopic (exact) mass is 372 g/mol. The maximum absolute atomic E-state index is 13.5. The zero-order valence-electron chi connectivity index (χ0n) is 15.3. The molecule has 0 bridgehead atoms. The van der Waals surface area contributed by atoms with Crippen LogP contribution in [0.25, 0.3) is 0 Å². The Bertz CT molecular complexity index is 1040. The van der Waals surface area contributed by atoms with E-state index in [0.717, 1.165) is 23.4 Å². The molecule has 0 spiro atoms. The Morgan fingerprint density at radius 2 is 1.71 bits per heavy atom. The van der Waals surface area contributed by atoms with Crippen molar-refractivity contribution in [3.8, 4) is 0 Å². The summed E-state index contributed by atoms with van der Waals surface area (Å²) in [5.74, 6) is -0.555. The van der Waals surface area contributed by atoms with E-state index >= 15 is 0 Å². The van der Waals surface area contributed by atoms with Gasteiger partial charge >= 0.3 is 5.97 Å². The summed E-state index contributed by atoms with van der Waals surface area (Å²) >= 11 is 0. The Labute approximate surface area is 163 Å². The fraction of sp³-hybridized carbons (Fsp3) is 0.217. The quantitative estimate of drug-likeness (QED) is 0.649. The molecule has 3 aromatic rings. The summed E-state index contributed by atoms with van der Waals surface area (Å²) in [6.07, 6.45) is 1.68. The normalized spacial score (nSPS) is 20.9. The zero-order valence-corrected chi connectivity index (χ0v) is 15.3. The maximum Gasteiger partial charge on any atom is 0.339 e. The van der Waals surface area contributed by atoms with Crippen molar-refractivity contribution >= 4 is 11.9 Å². The van der Waals surface area contributed by atoms with Crippen molar-refractivity contribution in [3.63, 3.8) is 0 Å². The second-order valence-corrected chi connectivity index (χ2v) is 7.23. The Morgan fingerprint density at radius 3 is 2.57 bits per heavy atom. The second kappa shape index (κ2) is 6.68. The van der Waals surface area contributed by atoms with Crippen molar-refractivity contribution < 1.29 is 14.3 Å². The third-order valence-electron chi connectivity index (χ3n) is 5.60. The Balaban J connectivity index is 1.50. The van der Waals surface area contributed by atoms with Crippen molar-refractivity contribution in [2.24, 2.45) is 0 Å². The van der Waals surface area contributed by atoms with Crippen LogP contribution in [0.15, 0.2) is 72.9 Å². The van der Waals surface area contributed by atoms with E-state index in [1.807, 2.05) is 65.7 Å². The van der Waals surface area contributed by atoms with Crippen molar-refractivity contribution in [3.05, 3.63) is 95.3 Å². The standard InChI is InChI=1S/C23H20N2O3/c26-22(20-15-17-9-4-5-10-18(17)23(27)28-20)25-14-13-24-12-6-11-19(24)21(25)16-7-2-1-3-8-16/h1-12,20-21H,13-15H2. The van der Waals surface area contributed by atoms with E-state index < -0.39 is 12.1 Å². The second-order valence-electron chi connectivity index (χ2n) is 7.23. The van der Waals surface area contributed by atoms with Crippen LogP contribution >= 0.6 is 0 Å². The number of carbonyl (C=O) groups is 2. The van der Waals surface area contributed by atoms with Crippen LogP contribution in [0, 0.1) is 0 Å². The van der Waals surface area contributed by atoms with Gasteiger partial charge in [0.05, 0.1) is 11.6 Å². The number of hydrogen-bond acceptors (Lipinski definition) is 3. The van der Waals surface area contributed by atoms with Gasteiger partial charge in [0.15, 0.2) is 6.10 Å². The van der Waals surface area contributed by atoms with Gasteiger partial charge in [-0.3, -0.25) is 4.79 Å². The molecule has 2 unspecified atom stereocenters. The molecule has 1 aromatic heterocycles. The van der Waals surface area contributed by atoms with E-state index in [-0.39, 0.29) is 11.9 Å². The van der Waals surface area contributed by atoms with Crippen LogP contribution < -0.4 is 0 Å². The molecule has 2 aliphatic rings. The summed E-state index contributed by atoms with van der Waals surface area (Å²) in [7, 11) is 0. The molecule has 0 saturated heterocycles. The lowest BCUT2D eigenvalue weighted by Crippen LogP contribution is -2.49. The molecular formula is C23H20N2O3. The van der Waals surface area contributed by atoms with Crippen molar-refractivity contribution in [2.75, 3.05) is 6.54 Å². The molecule has 0 saturated carbocycles. The fourth-order valence-corrected chi connectivity index (χ4v) is 4.26. The molecule has 3 heterocycles. The highest BCUT2D eigenvalue weighted by molar-refractivity contribution is 5.96. The molecular weight excluding hydrogens is 352 g/mol. The Morgan fingerprint density at radius 1 is 0.929 bits per heavy atom. The molecule has 0 N–H and O–H groups in total. The van der Waals surface area contributed by atoms with Gasteiger partial charge in [0.2, 0.25) is 0 Å². The molecule has 5 rings (SSSR count). The van der Waals surface area contributed by atoms with E-state index in [1.54, 1.807) is 6.07 Å². The summed E-state index contributed by atoms with van der Waals surface area (Å²) in [5.41, 5.74) is 3.55. The number of benzene rings is 2. The number of ether oxygens (including phenoxy) is 1. The lowest BCUT2D eigenvalue weighted by Gasteiger charge is -2.39. The third-order valence-corrected chi connectivity index (χ3v) is 5.60. The Hall–Kier alpha value is -3.34. The third kappa shape index (κ3) is 2.71. The molecule has 2 aromatic carbocycles. The number of nitrogens with zero attached hydrogens (tertiary/aromatic N) is 2. The fourth-order valence-electron chi connectivity index (χ4n) is 4.26. The molecule has 2 aliphatic heterocycles. The van der Waals surface area contributed by atoms with E-state index in [2.05, 4.69) is 10.6 Å². The maximum atomic E-state index is 13.5. The highest BCUT2D eigenvalue weighted by atomic mass is 16.5. The molecule has 5 nitrogen and oxygen atoms in total. The SMILES string of the molecule is O=C1OC(C(=O)N2CCn3cccc3C2c2ccccc2)Cc2ccccc21. The summed E-state index contributed by atoms with van der Waals surface area (Å²) in [5, 5.41) is 0. The number of rotatable bonds is 2. The number of amides is 1. The van der Waals surface area contributed by atoms with Gasteiger partial charge in [-0.25, -0.2) is 4.79 Å². The van der Waals surface area contributed by atoms with Crippen molar-refractivity contribution in [1.82, 2.24) is 9.47 Å². The van der Waals surface area contributed by atoms with Crippen LogP contribution in [0.1, 0.15) is 33.2 Å². The van der Waals surface area contributed by atoms with Gasteiger partial charge in [-0.1, -0.05) is 48.5 Å². The number of aromatic nitrogens is 1. The largest absolute Gasteiger partial charge is 0.448 e. The average Bonchev–Trinajstić information content (AvgIpc) is 3.22. The molecule has 140 valence electrons. The summed E-state index contributed by atoms with van der Waals surface area (Å²) < 4.78 is 7.73. The Kier molecular flexibility index (Phi) is 4.01. The average molecular weight is 372 g/mol. The van der Waals surface area contributed by atoms with E-state index in [9.17, 15) is 9.59 Å². The van der Waals surface area contributed by atoms with Gasteiger partial charge < -0.3 is 14.2 Å². The van der Waals surface area contributed by atoms with Gasteiger partial charge in [-0.2, -0.15) is 0 Å². The minimum Gasteiger partial charge on any atom is -0.448 e. The van der Waals surface area contributed by atoms with Crippen LogP contribution in [-0.2, 0) is 22.5 Å². The topological polar surface area (TPSA) is 51.5 Å². The number of esters is 1. The van der Waals surface area contributed by atoms with Crippen LogP contribution in [-0.4, -0.2) is 34.0 Å². The molecule has 5 heteroatoms. The highest BCUT2D eigenvalue weighted by Crippen LogP contribution is 2.34. The van der Waals surface area contributed by atoms with Crippen molar-refractivity contribution in [1.29, 1.82) is 0 Å². The lowest BCUT2D eigenvalue weighted by atomic mass is 9.95. The number of carbonyl (C=O) groups excluding carboxylic acids is 2. The van der Waals surface area contributed by atoms with Crippen LogP contribution in [0.4, 0.5) is 0 Å². The minimum atomic E-state index is -0.782. The van der Waals surface area contributed by atoms with Gasteiger partial charge in [0, 0.05) is 31.4 Å². The van der Waals surface area contributed by atoms with Crippen LogP contribution in [0.2, 0.25) is 0 Å². The van der Waals surface area contributed by atoms with Crippen LogP contribution in [0.5, 0.6) is 0 Å². The molecule has 28 heavy (non-hydrogen) atoms. The predicted octanol–water partition coefficient (Wildman–Crippen LogP) is 3.20. The van der Waals surface area contributed by atoms with Crippen LogP contribution in [0.3, 0.4) is 0 Å². The van der Waals surface area contributed by atoms with Crippen molar-refractivity contribution in [2.45, 2.75) is 25.1 Å². The zero-order chi connectivity index (χ0) is 19.1. The van der Waals surface area contributed by atoms with Gasteiger partial charge in [0.25, 0.3) is 5.91 Å². The van der Waals surface area contributed by atoms with E-state index in [1.165, 1.54) is 0 Å². The van der Waals surface area contributed by atoms with Gasteiger partial charge in [0.1, 0.15) is 0 Å². The number of fused-ring (bicyclic) bond motifs is 2. The van der Waals surface area contributed by atoms with Gasteiger partial charge in [-0.15, -0.1) is 0 Å². The smallest absolute Gasteiger partial charge is 0.339 e. The first-order chi connectivity index (χ1) is 13.7. The van der Waals surface area contributed by atoms with Gasteiger partial charge in [-0.05, 0) is 29.3 Å². The first-order valence-electron chi connectivity index (χ1n) is 9.52. The summed E-state index contributed by atoms with van der Waals surface area (Å²) in [4.78, 5) is 27.7. The molecule has 0 radical (unpaired) electrons. The van der Waals surface area contributed by atoms with E-state index in [0.29, 0.717) is 18.5 Å². The first-order valence-corrected chi connectivity index (χ1v) is 9.52. The van der Waals surface area contributed by atoms with E-state index in [4.69, 9.17) is 4.74 Å². The molecule has 0 fully saturated rings. The lowest BCUT2D eigenvalue weighted by molar-refractivity contribution is -0.143. The minimum absolute atomic E-state index is 0.135. The number of hydrogen-bond donors (Lipinski definition) is 0. The molecule has 0 aliphatic carbocycles.